The molecule has 0 spiro atoms. The van der Waals surface area contributed by atoms with Crippen LogP contribution in [0.4, 0.5) is 0 Å². The van der Waals surface area contributed by atoms with Gasteiger partial charge in [0.15, 0.2) is 0 Å². The molecule has 0 aliphatic rings. The van der Waals surface area contributed by atoms with E-state index in [1.807, 2.05) is 36.9 Å². The summed E-state index contributed by atoms with van der Waals surface area (Å²) in [5.74, 6) is 0.709. The molecule has 25 heavy (non-hydrogen) atoms. The molecule has 0 N–H and O–H groups in total. The molecule has 1 heterocycles. The van der Waals surface area contributed by atoms with Crippen molar-refractivity contribution >= 4 is 20.7 Å². The number of aromatic nitrogens is 1. The molecule has 0 aliphatic heterocycles. The predicted molar refractivity (Wildman–Crippen MR) is 98.9 cm³/mol. The monoisotopic (exact) mass is 358 g/mol. The number of benzene rings is 2. The molecule has 2 aromatic carbocycles. The maximum Gasteiger partial charge on any atom is 0.208 e. The molecule has 0 amide bonds. The summed E-state index contributed by atoms with van der Waals surface area (Å²) in [5, 5.41) is 0.711. The summed E-state index contributed by atoms with van der Waals surface area (Å²) in [6, 6.07) is 14.0. The van der Waals surface area contributed by atoms with Crippen LogP contribution in [-0.2, 0) is 16.4 Å². The molecule has 1 aromatic heterocycles. The van der Waals surface area contributed by atoms with Crippen molar-refractivity contribution in [1.29, 1.82) is 0 Å². The fraction of sp³-hybridized carbons (Fsp3) is 0.263. The van der Waals surface area contributed by atoms with Crippen molar-refractivity contribution in [3.8, 4) is 5.75 Å². The summed E-state index contributed by atoms with van der Waals surface area (Å²) in [6.45, 7) is 1.51. The first-order valence-electron chi connectivity index (χ1n) is 8.05. The molecule has 0 bridgehead atoms. The second-order valence-electron chi connectivity index (χ2n) is 6.19. The van der Waals surface area contributed by atoms with Crippen LogP contribution >= 0.6 is 0 Å². The number of methoxy groups -OCH3 is 1. The summed E-state index contributed by atoms with van der Waals surface area (Å²) in [7, 11) is 2.02. The molecule has 6 heteroatoms. The third-order valence-corrected chi connectivity index (χ3v) is 5.98. The van der Waals surface area contributed by atoms with Gasteiger partial charge in [-0.3, -0.25) is 0 Å². The van der Waals surface area contributed by atoms with Gasteiger partial charge in [0.25, 0.3) is 0 Å². The number of hydrogen-bond donors (Lipinski definition) is 0. The minimum absolute atomic E-state index is 0.303. The van der Waals surface area contributed by atoms with Crippen LogP contribution in [0.1, 0.15) is 0 Å². The Hall–Kier alpha value is -2.31. The summed E-state index contributed by atoms with van der Waals surface area (Å²) in [6.07, 6.45) is 1.73. The van der Waals surface area contributed by atoms with Crippen LogP contribution in [0, 0.1) is 0 Å². The van der Waals surface area contributed by atoms with Crippen molar-refractivity contribution in [2.45, 2.75) is 16.3 Å². The van der Waals surface area contributed by atoms with Crippen LogP contribution in [-0.4, -0.2) is 45.6 Å². The lowest BCUT2D eigenvalue weighted by Gasteiger charge is -2.11. The fourth-order valence-corrected chi connectivity index (χ4v) is 4.30. The average Bonchev–Trinajstić information content (AvgIpc) is 2.99. The van der Waals surface area contributed by atoms with Gasteiger partial charge in [-0.2, -0.15) is 0 Å². The van der Waals surface area contributed by atoms with Crippen LogP contribution < -0.4 is 4.74 Å². The minimum atomic E-state index is -3.58. The molecule has 0 aliphatic carbocycles. The van der Waals surface area contributed by atoms with E-state index >= 15 is 0 Å². The Morgan fingerprint density at radius 1 is 1.08 bits per heavy atom. The average molecular weight is 358 g/mol. The molecular formula is C19H22N2O3S. The van der Waals surface area contributed by atoms with Crippen LogP contribution in [0.25, 0.3) is 10.9 Å². The second-order valence-corrected chi connectivity index (χ2v) is 8.11. The largest absolute Gasteiger partial charge is 0.497 e. The Morgan fingerprint density at radius 2 is 1.80 bits per heavy atom. The summed E-state index contributed by atoms with van der Waals surface area (Å²) in [4.78, 5) is 2.70. The zero-order valence-electron chi connectivity index (χ0n) is 14.6. The SMILES string of the molecule is COc1ccc2c(S(=O)(=O)c3ccccc3)cn(CCN(C)C)c2c1. The first-order chi connectivity index (χ1) is 11.9. The van der Waals surface area contributed by atoms with Gasteiger partial charge in [0.05, 0.1) is 22.4 Å². The van der Waals surface area contributed by atoms with Crippen molar-refractivity contribution in [3.63, 3.8) is 0 Å². The number of nitrogens with zero attached hydrogens (tertiary/aromatic N) is 2. The number of rotatable bonds is 6. The number of ether oxygens (including phenoxy) is 1. The first-order valence-corrected chi connectivity index (χ1v) is 9.53. The lowest BCUT2D eigenvalue weighted by atomic mass is 10.2. The molecule has 0 fully saturated rings. The van der Waals surface area contributed by atoms with E-state index in [1.165, 1.54) is 0 Å². The molecule has 3 rings (SSSR count). The van der Waals surface area contributed by atoms with E-state index < -0.39 is 9.84 Å². The minimum Gasteiger partial charge on any atom is -0.497 e. The van der Waals surface area contributed by atoms with Gasteiger partial charge >= 0.3 is 0 Å². The van der Waals surface area contributed by atoms with E-state index in [2.05, 4.69) is 4.90 Å². The Kier molecular flexibility index (Phi) is 4.83. The fourth-order valence-electron chi connectivity index (χ4n) is 2.80. The molecule has 0 unspecified atom stereocenters. The number of likely N-dealkylation sites (N-methyl/N-ethyl adjacent to an activating group) is 1. The van der Waals surface area contributed by atoms with Gasteiger partial charge < -0.3 is 14.2 Å². The van der Waals surface area contributed by atoms with E-state index in [0.29, 0.717) is 27.5 Å². The molecule has 0 saturated carbocycles. The molecule has 0 saturated heterocycles. The quantitative estimate of drug-likeness (QED) is 0.680. The van der Waals surface area contributed by atoms with Gasteiger partial charge in [-0.15, -0.1) is 0 Å². The van der Waals surface area contributed by atoms with Crippen LogP contribution in [0.15, 0.2) is 64.5 Å². The molecule has 3 aromatic rings. The topological polar surface area (TPSA) is 51.5 Å². The number of sulfone groups is 1. The highest BCUT2D eigenvalue weighted by Crippen LogP contribution is 2.32. The van der Waals surface area contributed by atoms with Gasteiger partial charge in [-0.1, -0.05) is 18.2 Å². The van der Waals surface area contributed by atoms with Gasteiger partial charge in [0.2, 0.25) is 9.84 Å². The number of hydrogen-bond acceptors (Lipinski definition) is 4. The van der Waals surface area contributed by atoms with Crippen LogP contribution in [0.3, 0.4) is 0 Å². The molecule has 0 radical (unpaired) electrons. The molecular weight excluding hydrogens is 336 g/mol. The standard InChI is InChI=1S/C19H22N2O3S/c1-20(2)11-12-21-14-19(17-10-9-15(24-3)13-18(17)21)25(22,23)16-7-5-4-6-8-16/h4-10,13-14H,11-12H2,1-3H3. The van der Waals surface area contributed by atoms with Crippen LogP contribution in [0.5, 0.6) is 5.75 Å². The van der Waals surface area contributed by atoms with Crippen molar-refractivity contribution in [3.05, 3.63) is 54.7 Å². The van der Waals surface area contributed by atoms with Crippen LogP contribution in [0.2, 0.25) is 0 Å². The molecule has 5 nitrogen and oxygen atoms in total. The Balaban J connectivity index is 2.18. The van der Waals surface area contributed by atoms with Crippen molar-refractivity contribution in [2.24, 2.45) is 0 Å². The van der Waals surface area contributed by atoms with E-state index in [1.54, 1.807) is 43.6 Å². The zero-order chi connectivity index (χ0) is 18.0. The highest BCUT2D eigenvalue weighted by atomic mass is 32.2. The normalized spacial score (nSPS) is 12.0. The van der Waals surface area contributed by atoms with E-state index in [-0.39, 0.29) is 0 Å². The van der Waals surface area contributed by atoms with Gasteiger partial charge in [0, 0.05) is 30.7 Å². The smallest absolute Gasteiger partial charge is 0.208 e. The van der Waals surface area contributed by atoms with Gasteiger partial charge in [-0.25, -0.2) is 8.42 Å². The van der Waals surface area contributed by atoms with E-state index in [0.717, 1.165) is 12.1 Å². The lowest BCUT2D eigenvalue weighted by molar-refractivity contribution is 0.386. The van der Waals surface area contributed by atoms with Gasteiger partial charge in [0.1, 0.15) is 5.75 Å². The lowest BCUT2D eigenvalue weighted by Crippen LogP contribution is -2.18. The predicted octanol–water partition coefficient (Wildman–Crippen LogP) is 3.04. The first kappa shape index (κ1) is 17.5. The van der Waals surface area contributed by atoms with Crippen molar-refractivity contribution in [1.82, 2.24) is 9.47 Å². The van der Waals surface area contributed by atoms with Crippen molar-refractivity contribution in [2.75, 3.05) is 27.7 Å². The van der Waals surface area contributed by atoms with E-state index in [4.69, 9.17) is 4.74 Å². The maximum absolute atomic E-state index is 13.1. The third kappa shape index (κ3) is 3.41. The van der Waals surface area contributed by atoms with E-state index in [9.17, 15) is 8.42 Å². The maximum atomic E-state index is 13.1. The molecule has 0 atom stereocenters. The third-order valence-electron chi connectivity index (χ3n) is 4.18. The Morgan fingerprint density at radius 3 is 2.44 bits per heavy atom. The zero-order valence-corrected chi connectivity index (χ0v) is 15.5. The highest BCUT2D eigenvalue weighted by molar-refractivity contribution is 7.91. The summed E-state index contributed by atoms with van der Waals surface area (Å²) < 4.78 is 33.5. The number of fused-ring (bicyclic) bond motifs is 1. The highest BCUT2D eigenvalue weighted by Gasteiger charge is 2.23. The Bertz CT molecular complexity index is 977. The van der Waals surface area contributed by atoms with Crippen molar-refractivity contribution < 1.29 is 13.2 Å². The Labute approximate surface area is 148 Å². The molecule has 132 valence electrons. The summed E-state index contributed by atoms with van der Waals surface area (Å²) in [5.41, 5.74) is 0.857. The van der Waals surface area contributed by atoms with Gasteiger partial charge in [-0.05, 0) is 38.4 Å². The summed E-state index contributed by atoms with van der Waals surface area (Å²) >= 11 is 0. The second kappa shape index (κ2) is 6.90.